The number of aryl methyl sites for hydroxylation is 1. The van der Waals surface area contributed by atoms with Gasteiger partial charge in [0.2, 0.25) is 5.95 Å². The molecule has 0 unspecified atom stereocenters. The van der Waals surface area contributed by atoms with Crippen molar-refractivity contribution in [2.75, 3.05) is 29.5 Å². The lowest BCUT2D eigenvalue weighted by atomic mass is 10.00. The summed E-state index contributed by atoms with van der Waals surface area (Å²) >= 11 is 0. The van der Waals surface area contributed by atoms with Crippen molar-refractivity contribution in [3.05, 3.63) is 46.0 Å². The molecule has 11 heteroatoms. The highest BCUT2D eigenvalue weighted by Crippen LogP contribution is 2.43. The number of Topliss-reactive ketones (excluding diaryl/α,β-unsaturated/α-hetero) is 1. The average molecular weight is 449 g/mol. The summed E-state index contributed by atoms with van der Waals surface area (Å²) in [4.78, 5) is 37.0. The highest BCUT2D eigenvalue weighted by Gasteiger charge is 2.60. The first-order valence-corrected chi connectivity index (χ1v) is 10.4. The number of alkyl halides is 3. The second kappa shape index (κ2) is 7.03. The van der Waals surface area contributed by atoms with Crippen LogP contribution in [0.1, 0.15) is 29.3 Å². The summed E-state index contributed by atoms with van der Waals surface area (Å²) in [5, 5.41) is 0. The van der Waals surface area contributed by atoms with E-state index < -0.39 is 36.1 Å². The molecule has 0 aliphatic carbocycles. The molecule has 3 aliphatic rings. The van der Waals surface area contributed by atoms with Gasteiger partial charge in [0, 0.05) is 30.6 Å². The number of aromatic nitrogens is 3. The van der Waals surface area contributed by atoms with E-state index in [1.54, 1.807) is 19.2 Å². The summed E-state index contributed by atoms with van der Waals surface area (Å²) in [6.45, 7) is 2.56. The minimum atomic E-state index is -4.70. The number of carbonyl (C=O) groups is 1. The Morgan fingerprint density at radius 1 is 1.31 bits per heavy atom. The van der Waals surface area contributed by atoms with Gasteiger partial charge in [-0.15, -0.1) is 0 Å². The number of rotatable bonds is 4. The van der Waals surface area contributed by atoms with Crippen LogP contribution in [0.3, 0.4) is 0 Å². The van der Waals surface area contributed by atoms with E-state index in [0.717, 1.165) is 28.4 Å². The predicted octanol–water partition coefficient (Wildman–Crippen LogP) is 1.95. The summed E-state index contributed by atoms with van der Waals surface area (Å²) in [5.41, 5.74) is -2.10. The second-order valence-electron chi connectivity index (χ2n) is 8.87. The number of morpholine rings is 1. The van der Waals surface area contributed by atoms with Gasteiger partial charge in [-0.05, 0) is 31.9 Å². The molecule has 2 saturated heterocycles. The zero-order chi connectivity index (χ0) is 22.8. The molecule has 3 atom stereocenters. The minimum Gasteiger partial charge on any atom is -0.374 e. The molecule has 0 amide bonds. The molecular weight excluding hydrogens is 427 g/mol. The lowest BCUT2D eigenvalue weighted by molar-refractivity contribution is -0.181. The molecule has 0 radical (unpaired) electrons. The van der Waals surface area contributed by atoms with Crippen LogP contribution in [0.15, 0.2) is 29.3 Å². The van der Waals surface area contributed by atoms with Gasteiger partial charge in [0.15, 0.2) is 11.3 Å². The van der Waals surface area contributed by atoms with E-state index in [0.29, 0.717) is 19.0 Å². The average Bonchev–Trinajstić information content (AvgIpc) is 3.42. The van der Waals surface area contributed by atoms with E-state index >= 15 is 0 Å². The fraction of sp³-hybridized carbons (Fsp3) is 0.524. The first-order valence-electron chi connectivity index (χ1n) is 10.4. The molecule has 2 fully saturated rings. The zero-order valence-corrected chi connectivity index (χ0v) is 17.6. The minimum absolute atomic E-state index is 0.0322. The van der Waals surface area contributed by atoms with Crippen LogP contribution in [0.2, 0.25) is 0 Å². The van der Waals surface area contributed by atoms with E-state index in [-0.39, 0.29) is 23.7 Å². The summed E-state index contributed by atoms with van der Waals surface area (Å²) < 4.78 is 49.2. The Bertz CT molecular complexity index is 1150. The summed E-state index contributed by atoms with van der Waals surface area (Å²) in [6, 6.07) is 2.89. The Morgan fingerprint density at radius 2 is 2.09 bits per heavy atom. The van der Waals surface area contributed by atoms with Gasteiger partial charge in [0.1, 0.15) is 5.82 Å². The SMILES string of the molecule is Cc1cncc(C(=O)CN2c3nc(N4C[C@@H]5C[C@@H]4CO5)cc(=O)n3C[C@@]2(C)C(F)(F)F)c1. The van der Waals surface area contributed by atoms with Crippen molar-refractivity contribution in [3.8, 4) is 0 Å². The summed E-state index contributed by atoms with van der Waals surface area (Å²) in [6.07, 6.45) is -0.983. The molecule has 2 aromatic heterocycles. The standard InChI is InChI=1S/C21H22F3N5O3/c1-12-3-13(7-25-6-12)16(30)9-29-19-26-17(27-8-15-4-14(27)10-32-15)5-18(31)28(19)11-20(29,2)21(22,23)24/h3,5-7,14-15H,4,8-11H2,1-2H3/t14-,15+,20+/m1/s1. The van der Waals surface area contributed by atoms with Crippen LogP contribution in [0.5, 0.6) is 0 Å². The molecular formula is C21H22F3N5O3. The molecule has 5 heterocycles. The van der Waals surface area contributed by atoms with Crippen molar-refractivity contribution in [1.29, 1.82) is 0 Å². The fourth-order valence-electron chi connectivity index (χ4n) is 4.71. The van der Waals surface area contributed by atoms with Crippen LogP contribution in [0.25, 0.3) is 0 Å². The maximum atomic E-state index is 14.2. The van der Waals surface area contributed by atoms with E-state index in [9.17, 15) is 22.8 Å². The van der Waals surface area contributed by atoms with E-state index in [4.69, 9.17) is 4.74 Å². The van der Waals surface area contributed by atoms with Crippen LogP contribution >= 0.6 is 0 Å². The van der Waals surface area contributed by atoms with Crippen molar-refractivity contribution in [1.82, 2.24) is 14.5 Å². The molecule has 3 aliphatic heterocycles. The van der Waals surface area contributed by atoms with Crippen LogP contribution < -0.4 is 15.4 Å². The first-order chi connectivity index (χ1) is 15.1. The Labute approximate surface area is 181 Å². The lowest BCUT2D eigenvalue weighted by Gasteiger charge is -2.36. The summed E-state index contributed by atoms with van der Waals surface area (Å²) in [5.74, 6) is -0.360. The predicted molar refractivity (Wildman–Crippen MR) is 109 cm³/mol. The first kappa shape index (κ1) is 20.9. The number of anilines is 2. The normalized spacial score (nSPS) is 26.7. The number of carbonyl (C=O) groups excluding carboxylic acids is 1. The largest absolute Gasteiger partial charge is 0.413 e. The monoisotopic (exact) mass is 449 g/mol. The molecule has 0 spiro atoms. The molecule has 8 nitrogen and oxygen atoms in total. The molecule has 32 heavy (non-hydrogen) atoms. The van der Waals surface area contributed by atoms with Gasteiger partial charge in [-0.25, -0.2) is 0 Å². The molecule has 2 bridgehead atoms. The van der Waals surface area contributed by atoms with E-state index in [2.05, 4.69) is 9.97 Å². The maximum absolute atomic E-state index is 14.2. The number of pyridine rings is 1. The lowest BCUT2D eigenvalue weighted by Crippen LogP contribution is -2.57. The van der Waals surface area contributed by atoms with Crippen LogP contribution in [0, 0.1) is 6.92 Å². The molecule has 0 N–H and O–H groups in total. The van der Waals surface area contributed by atoms with Crippen LogP contribution in [-0.4, -0.2) is 63.9 Å². The third kappa shape index (κ3) is 3.17. The number of fused-ring (bicyclic) bond motifs is 3. The number of hydrogen-bond donors (Lipinski definition) is 0. The quantitative estimate of drug-likeness (QED) is 0.660. The molecule has 170 valence electrons. The molecule has 2 aromatic rings. The van der Waals surface area contributed by atoms with Gasteiger partial charge in [0.05, 0.1) is 31.8 Å². The van der Waals surface area contributed by atoms with Crippen molar-refractivity contribution in [3.63, 3.8) is 0 Å². The van der Waals surface area contributed by atoms with Crippen molar-refractivity contribution >= 4 is 17.5 Å². The smallest absolute Gasteiger partial charge is 0.374 e. The van der Waals surface area contributed by atoms with E-state index in [1.165, 1.54) is 12.3 Å². The molecule has 5 rings (SSSR count). The number of ether oxygens (including phenoxy) is 1. The van der Waals surface area contributed by atoms with Crippen molar-refractivity contribution < 1.29 is 22.7 Å². The van der Waals surface area contributed by atoms with Crippen LogP contribution in [-0.2, 0) is 11.3 Å². The van der Waals surface area contributed by atoms with Gasteiger partial charge in [-0.1, -0.05) is 0 Å². The van der Waals surface area contributed by atoms with Crippen molar-refractivity contribution in [2.24, 2.45) is 0 Å². The number of hydrogen-bond acceptors (Lipinski definition) is 7. The van der Waals surface area contributed by atoms with Gasteiger partial charge >= 0.3 is 6.18 Å². The zero-order valence-electron chi connectivity index (χ0n) is 17.6. The van der Waals surface area contributed by atoms with E-state index in [1.807, 2.05) is 4.90 Å². The number of nitrogens with zero attached hydrogens (tertiary/aromatic N) is 5. The Morgan fingerprint density at radius 3 is 2.72 bits per heavy atom. The Hall–Kier alpha value is -2.95. The van der Waals surface area contributed by atoms with Gasteiger partial charge in [-0.2, -0.15) is 18.2 Å². The van der Waals surface area contributed by atoms with Gasteiger partial charge in [-0.3, -0.25) is 19.1 Å². The fourth-order valence-corrected chi connectivity index (χ4v) is 4.71. The maximum Gasteiger partial charge on any atom is 0.413 e. The Balaban J connectivity index is 1.56. The Kier molecular flexibility index (Phi) is 4.59. The highest BCUT2D eigenvalue weighted by atomic mass is 19.4. The number of ketones is 1. The molecule has 0 aromatic carbocycles. The summed E-state index contributed by atoms with van der Waals surface area (Å²) in [7, 11) is 0. The second-order valence-corrected chi connectivity index (χ2v) is 8.87. The highest BCUT2D eigenvalue weighted by molar-refractivity contribution is 5.99. The van der Waals surface area contributed by atoms with Gasteiger partial charge < -0.3 is 14.5 Å². The third-order valence-corrected chi connectivity index (χ3v) is 6.58. The topological polar surface area (TPSA) is 80.6 Å². The third-order valence-electron chi connectivity index (χ3n) is 6.58. The van der Waals surface area contributed by atoms with Crippen LogP contribution in [0.4, 0.5) is 24.9 Å². The molecule has 0 saturated carbocycles. The number of halogens is 3. The van der Waals surface area contributed by atoms with Gasteiger partial charge in [0.25, 0.3) is 5.56 Å². The van der Waals surface area contributed by atoms with Crippen molar-refractivity contribution in [2.45, 2.75) is 50.7 Å².